The lowest BCUT2D eigenvalue weighted by atomic mass is 9.77. The predicted octanol–water partition coefficient (Wildman–Crippen LogP) is 2.79. The molecule has 0 spiro atoms. The first-order valence-corrected chi connectivity index (χ1v) is 7.03. The fraction of sp³-hybridized carbons (Fsp3) is 0.562. The first-order chi connectivity index (χ1) is 8.84. The molecule has 1 aromatic rings. The van der Waals surface area contributed by atoms with Gasteiger partial charge in [-0.3, -0.25) is 4.79 Å². The second-order valence-corrected chi connectivity index (χ2v) is 5.52. The molecule has 0 radical (unpaired) electrons. The van der Waals surface area contributed by atoms with Gasteiger partial charge in [-0.05, 0) is 43.2 Å². The molecule has 18 heavy (non-hydrogen) atoms. The highest BCUT2D eigenvalue weighted by molar-refractivity contribution is 5.84. The summed E-state index contributed by atoms with van der Waals surface area (Å²) in [6, 6.07) is 8.54. The summed E-state index contributed by atoms with van der Waals surface area (Å²) in [6.07, 6.45) is 5.08. The molecule has 0 N–H and O–H groups in total. The molecule has 3 rings (SSSR count). The van der Waals surface area contributed by atoms with E-state index in [2.05, 4.69) is 24.3 Å². The molecule has 1 aliphatic carbocycles. The van der Waals surface area contributed by atoms with Crippen molar-refractivity contribution >= 4 is 5.78 Å². The third kappa shape index (κ3) is 2.35. The lowest BCUT2D eigenvalue weighted by molar-refractivity contribution is -0.131. The fourth-order valence-corrected chi connectivity index (χ4v) is 3.24. The Morgan fingerprint density at radius 2 is 1.94 bits per heavy atom. The molecule has 0 amide bonds. The minimum atomic E-state index is 0.161. The third-order valence-electron chi connectivity index (χ3n) is 4.31. The van der Waals surface area contributed by atoms with Gasteiger partial charge in [-0.1, -0.05) is 24.3 Å². The quantitative estimate of drug-likeness (QED) is 0.799. The first kappa shape index (κ1) is 11.9. The molecule has 1 fully saturated rings. The number of carbonyl (C=O) groups excluding carboxylic acids is 1. The summed E-state index contributed by atoms with van der Waals surface area (Å²) in [4.78, 5) is 12.5. The normalized spacial score (nSPS) is 27.6. The number of fused-ring (bicyclic) bond motifs is 1. The Labute approximate surface area is 108 Å². The van der Waals surface area contributed by atoms with Crippen molar-refractivity contribution in [1.82, 2.24) is 0 Å². The standard InChI is InChI=1S/C16H20O2/c17-16(15-6-3-9-18-11-15)14-8-7-12-4-1-2-5-13(12)10-14/h1-2,4-5,14-15H,3,6-11H2. The number of aryl methyl sites for hydroxylation is 1. The van der Waals surface area contributed by atoms with Gasteiger partial charge in [0, 0.05) is 18.4 Å². The molecule has 2 unspecified atom stereocenters. The van der Waals surface area contributed by atoms with Crippen LogP contribution < -0.4 is 0 Å². The molecule has 2 nitrogen and oxygen atoms in total. The molecule has 96 valence electrons. The number of hydrogen-bond donors (Lipinski definition) is 0. The van der Waals surface area contributed by atoms with E-state index in [9.17, 15) is 4.79 Å². The van der Waals surface area contributed by atoms with Crippen molar-refractivity contribution in [2.24, 2.45) is 11.8 Å². The second-order valence-electron chi connectivity index (χ2n) is 5.52. The average molecular weight is 244 g/mol. The van der Waals surface area contributed by atoms with Crippen LogP contribution in [0.1, 0.15) is 30.4 Å². The molecule has 0 saturated carbocycles. The van der Waals surface area contributed by atoms with Crippen LogP contribution in [0.2, 0.25) is 0 Å². The van der Waals surface area contributed by atoms with Crippen molar-refractivity contribution in [3.63, 3.8) is 0 Å². The van der Waals surface area contributed by atoms with Gasteiger partial charge in [0.05, 0.1) is 6.61 Å². The Bertz CT molecular complexity index is 432. The van der Waals surface area contributed by atoms with Crippen molar-refractivity contribution in [2.75, 3.05) is 13.2 Å². The van der Waals surface area contributed by atoms with E-state index < -0.39 is 0 Å². The van der Waals surface area contributed by atoms with Crippen LogP contribution in [0.3, 0.4) is 0 Å². The Hall–Kier alpha value is -1.15. The summed E-state index contributed by atoms with van der Waals surface area (Å²) < 4.78 is 5.44. The smallest absolute Gasteiger partial charge is 0.141 e. The van der Waals surface area contributed by atoms with Crippen LogP contribution in [0.4, 0.5) is 0 Å². The largest absolute Gasteiger partial charge is 0.381 e. The number of hydrogen-bond acceptors (Lipinski definition) is 2. The average Bonchev–Trinajstić information content (AvgIpc) is 2.47. The fourth-order valence-electron chi connectivity index (χ4n) is 3.24. The lowest BCUT2D eigenvalue weighted by Gasteiger charge is -2.28. The van der Waals surface area contributed by atoms with E-state index in [1.54, 1.807) is 0 Å². The maximum atomic E-state index is 12.5. The van der Waals surface area contributed by atoms with Gasteiger partial charge in [0.15, 0.2) is 0 Å². The second kappa shape index (κ2) is 5.23. The van der Waals surface area contributed by atoms with Gasteiger partial charge in [0.1, 0.15) is 5.78 Å². The summed E-state index contributed by atoms with van der Waals surface area (Å²) in [5.74, 6) is 0.838. The SMILES string of the molecule is O=C(C1CCCOC1)C1CCc2ccccc2C1. The monoisotopic (exact) mass is 244 g/mol. The Kier molecular flexibility index (Phi) is 3.46. The van der Waals surface area contributed by atoms with Crippen molar-refractivity contribution in [3.8, 4) is 0 Å². The molecule has 2 atom stereocenters. The van der Waals surface area contributed by atoms with Crippen molar-refractivity contribution in [3.05, 3.63) is 35.4 Å². The van der Waals surface area contributed by atoms with E-state index in [0.717, 1.165) is 38.7 Å². The molecule has 0 bridgehead atoms. The number of ether oxygens (including phenoxy) is 1. The van der Waals surface area contributed by atoms with E-state index in [0.29, 0.717) is 12.4 Å². The van der Waals surface area contributed by atoms with Gasteiger partial charge < -0.3 is 4.74 Å². The molecular formula is C16H20O2. The number of Topliss-reactive ketones (excluding diaryl/α,β-unsaturated/α-hetero) is 1. The van der Waals surface area contributed by atoms with Crippen molar-refractivity contribution in [1.29, 1.82) is 0 Å². The summed E-state index contributed by atoms with van der Waals surface area (Å²) in [6.45, 7) is 1.48. The van der Waals surface area contributed by atoms with Crippen LogP contribution in [0.25, 0.3) is 0 Å². The minimum Gasteiger partial charge on any atom is -0.381 e. The third-order valence-corrected chi connectivity index (χ3v) is 4.31. The topological polar surface area (TPSA) is 26.3 Å². The Balaban J connectivity index is 1.69. The molecule has 1 heterocycles. The Morgan fingerprint density at radius 3 is 2.72 bits per heavy atom. The van der Waals surface area contributed by atoms with Crippen LogP contribution in [0, 0.1) is 11.8 Å². The number of rotatable bonds is 2. The van der Waals surface area contributed by atoms with Gasteiger partial charge >= 0.3 is 0 Å². The summed E-state index contributed by atoms with van der Waals surface area (Å²) in [7, 11) is 0. The zero-order valence-corrected chi connectivity index (χ0v) is 10.7. The molecule has 1 aromatic carbocycles. The number of benzene rings is 1. The summed E-state index contributed by atoms with van der Waals surface area (Å²) in [5, 5.41) is 0. The Morgan fingerprint density at radius 1 is 1.11 bits per heavy atom. The lowest BCUT2D eigenvalue weighted by Crippen LogP contribution is -2.33. The van der Waals surface area contributed by atoms with Crippen LogP contribution in [0.15, 0.2) is 24.3 Å². The molecule has 2 aliphatic rings. The molecule has 1 aliphatic heterocycles. The summed E-state index contributed by atoms with van der Waals surface area (Å²) >= 11 is 0. The van der Waals surface area contributed by atoms with Gasteiger partial charge in [0.25, 0.3) is 0 Å². The number of ketones is 1. The maximum Gasteiger partial charge on any atom is 0.141 e. The van der Waals surface area contributed by atoms with Crippen LogP contribution in [-0.4, -0.2) is 19.0 Å². The first-order valence-electron chi connectivity index (χ1n) is 7.03. The van der Waals surface area contributed by atoms with Crippen molar-refractivity contribution in [2.45, 2.75) is 32.1 Å². The maximum absolute atomic E-state index is 12.5. The number of carbonyl (C=O) groups is 1. The highest BCUT2D eigenvalue weighted by Crippen LogP contribution is 2.29. The molecule has 2 heteroatoms. The van der Waals surface area contributed by atoms with Crippen LogP contribution in [-0.2, 0) is 22.4 Å². The highest BCUT2D eigenvalue weighted by atomic mass is 16.5. The van der Waals surface area contributed by atoms with Gasteiger partial charge in [0.2, 0.25) is 0 Å². The molecular weight excluding hydrogens is 224 g/mol. The van der Waals surface area contributed by atoms with E-state index in [1.807, 2.05) is 0 Å². The van der Waals surface area contributed by atoms with Crippen molar-refractivity contribution < 1.29 is 9.53 Å². The molecule has 1 saturated heterocycles. The van der Waals surface area contributed by atoms with Gasteiger partial charge in [-0.25, -0.2) is 0 Å². The highest BCUT2D eigenvalue weighted by Gasteiger charge is 2.30. The zero-order valence-electron chi connectivity index (χ0n) is 10.7. The van der Waals surface area contributed by atoms with E-state index in [1.165, 1.54) is 11.1 Å². The predicted molar refractivity (Wildman–Crippen MR) is 70.5 cm³/mol. The zero-order chi connectivity index (χ0) is 12.4. The minimum absolute atomic E-state index is 0.161. The van der Waals surface area contributed by atoms with E-state index in [4.69, 9.17) is 4.74 Å². The van der Waals surface area contributed by atoms with Crippen LogP contribution >= 0.6 is 0 Å². The molecule has 0 aromatic heterocycles. The van der Waals surface area contributed by atoms with Crippen LogP contribution in [0.5, 0.6) is 0 Å². The van der Waals surface area contributed by atoms with Gasteiger partial charge in [-0.15, -0.1) is 0 Å². The van der Waals surface area contributed by atoms with E-state index >= 15 is 0 Å². The summed E-state index contributed by atoms with van der Waals surface area (Å²) in [5.41, 5.74) is 2.81. The van der Waals surface area contributed by atoms with E-state index in [-0.39, 0.29) is 11.8 Å². The van der Waals surface area contributed by atoms with Gasteiger partial charge in [-0.2, -0.15) is 0 Å².